The Labute approximate surface area is 191 Å². The summed E-state index contributed by atoms with van der Waals surface area (Å²) in [4.78, 5) is 0. The number of hydrogen-bond acceptors (Lipinski definition) is 14. The quantitative estimate of drug-likeness (QED) is 0.116. The Balaban J connectivity index is 2.24. The van der Waals surface area contributed by atoms with Crippen molar-refractivity contribution in [1.29, 1.82) is 0 Å². The Morgan fingerprint density at radius 2 is 1.24 bits per heavy atom. The first-order valence-corrected chi connectivity index (χ1v) is 10.6. The van der Waals surface area contributed by atoms with E-state index in [1.54, 1.807) is 6.92 Å². The first kappa shape index (κ1) is 28.7. The maximum Gasteiger partial charge on any atom is 0.214 e. The van der Waals surface area contributed by atoms with Crippen molar-refractivity contribution >= 4 is 0 Å². The van der Waals surface area contributed by atoms with Crippen molar-refractivity contribution in [3.8, 4) is 0 Å². The van der Waals surface area contributed by atoms with Gasteiger partial charge >= 0.3 is 0 Å². The zero-order valence-electron chi connectivity index (χ0n) is 18.7. The molecule has 0 bridgehead atoms. The van der Waals surface area contributed by atoms with Crippen LogP contribution < -0.4 is 0 Å². The summed E-state index contributed by atoms with van der Waals surface area (Å²) in [5.74, 6) is 0. The number of rotatable bonds is 14. The lowest BCUT2D eigenvalue weighted by atomic mass is 10.1. The van der Waals surface area contributed by atoms with Crippen LogP contribution in [0.25, 0.3) is 0 Å². The van der Waals surface area contributed by atoms with Crippen molar-refractivity contribution in [2.24, 2.45) is 0 Å². The minimum Gasteiger partial charge on any atom is -0.394 e. The van der Waals surface area contributed by atoms with Gasteiger partial charge in [0.1, 0.15) is 36.6 Å². The normalized spacial score (nSPS) is 38.4. The molecule has 196 valence electrons. The standard InChI is InChI=1S/C19H36O14/c1-8(22)6-28-18(29-9(2)7-27-3)19(32-16-14(25)12(23)10(4-20)30-16)33-17-15(26)13(24)11(5-21)31-17/h8-26H,4-7H2,1-3H3. The highest BCUT2D eigenvalue weighted by atomic mass is 16.8. The molecule has 2 fully saturated rings. The van der Waals surface area contributed by atoms with E-state index >= 15 is 0 Å². The second kappa shape index (κ2) is 13.5. The molecular formula is C19H36O14. The van der Waals surface area contributed by atoms with Crippen molar-refractivity contribution in [3.05, 3.63) is 0 Å². The highest BCUT2D eigenvalue weighted by Gasteiger charge is 2.49. The van der Waals surface area contributed by atoms with E-state index in [4.69, 9.17) is 33.2 Å². The van der Waals surface area contributed by atoms with E-state index in [-0.39, 0.29) is 13.2 Å². The first-order valence-electron chi connectivity index (χ1n) is 10.6. The van der Waals surface area contributed by atoms with Crippen molar-refractivity contribution < 1.29 is 68.9 Å². The molecule has 0 radical (unpaired) electrons. The van der Waals surface area contributed by atoms with Gasteiger partial charge in [-0.15, -0.1) is 0 Å². The van der Waals surface area contributed by atoms with Gasteiger partial charge in [0.2, 0.25) is 12.6 Å². The molecule has 33 heavy (non-hydrogen) atoms. The van der Waals surface area contributed by atoms with Gasteiger partial charge in [-0.25, -0.2) is 0 Å². The molecule has 2 rings (SSSR count). The molecular weight excluding hydrogens is 452 g/mol. The van der Waals surface area contributed by atoms with Crippen LogP contribution in [-0.4, -0.2) is 143 Å². The molecule has 0 aromatic rings. The second-order valence-corrected chi connectivity index (χ2v) is 8.01. The van der Waals surface area contributed by atoms with Crippen molar-refractivity contribution in [2.75, 3.05) is 33.5 Å². The van der Waals surface area contributed by atoms with Crippen LogP contribution in [0.3, 0.4) is 0 Å². The Morgan fingerprint density at radius 1 is 0.758 bits per heavy atom. The Bertz CT molecular complexity index is 521. The third-order valence-corrected chi connectivity index (χ3v) is 5.03. The number of aliphatic hydroxyl groups is 7. The molecule has 2 saturated heterocycles. The highest BCUT2D eigenvalue weighted by Crippen LogP contribution is 2.29. The van der Waals surface area contributed by atoms with Crippen LogP contribution >= 0.6 is 0 Å². The smallest absolute Gasteiger partial charge is 0.214 e. The van der Waals surface area contributed by atoms with Gasteiger partial charge in [0.05, 0.1) is 38.6 Å². The van der Waals surface area contributed by atoms with Crippen LogP contribution in [0, 0.1) is 0 Å². The minimum atomic E-state index is -1.60. The molecule has 0 aromatic carbocycles. The zero-order chi connectivity index (χ0) is 24.7. The summed E-state index contributed by atoms with van der Waals surface area (Å²) in [5, 5.41) is 68.8. The van der Waals surface area contributed by atoms with Crippen molar-refractivity contribution in [2.45, 2.75) is 87.8 Å². The Hall–Kier alpha value is -0.560. The number of methoxy groups -OCH3 is 1. The lowest BCUT2D eigenvalue weighted by molar-refractivity contribution is -0.372. The molecule has 0 saturated carbocycles. The molecule has 11 atom stereocenters. The average molecular weight is 488 g/mol. The molecule has 0 spiro atoms. The zero-order valence-corrected chi connectivity index (χ0v) is 18.7. The fraction of sp³-hybridized carbons (Fsp3) is 1.00. The van der Waals surface area contributed by atoms with Gasteiger partial charge in [0, 0.05) is 7.11 Å². The van der Waals surface area contributed by atoms with Gasteiger partial charge in [-0.2, -0.15) is 0 Å². The van der Waals surface area contributed by atoms with Crippen LogP contribution in [0.1, 0.15) is 13.8 Å². The summed E-state index contributed by atoms with van der Waals surface area (Å²) in [5.41, 5.74) is 0. The Kier molecular flexibility index (Phi) is 11.7. The lowest BCUT2D eigenvalue weighted by Crippen LogP contribution is -2.47. The van der Waals surface area contributed by atoms with Crippen LogP contribution in [0.2, 0.25) is 0 Å². The number of hydrogen-bond donors (Lipinski definition) is 7. The number of ether oxygens (including phenoxy) is 7. The van der Waals surface area contributed by atoms with Gasteiger partial charge < -0.3 is 68.9 Å². The van der Waals surface area contributed by atoms with E-state index in [2.05, 4.69) is 0 Å². The fourth-order valence-corrected chi connectivity index (χ4v) is 3.30. The van der Waals surface area contributed by atoms with E-state index in [0.29, 0.717) is 0 Å². The molecule has 0 aliphatic carbocycles. The Morgan fingerprint density at radius 3 is 1.61 bits per heavy atom. The van der Waals surface area contributed by atoms with Gasteiger partial charge in [-0.05, 0) is 13.8 Å². The maximum absolute atomic E-state index is 10.2. The summed E-state index contributed by atoms with van der Waals surface area (Å²) in [6.07, 6.45) is -15.8. The van der Waals surface area contributed by atoms with Gasteiger partial charge in [-0.1, -0.05) is 0 Å². The summed E-state index contributed by atoms with van der Waals surface area (Å²) in [7, 11) is 1.45. The van der Waals surface area contributed by atoms with Gasteiger partial charge in [0.25, 0.3) is 0 Å². The van der Waals surface area contributed by atoms with E-state index in [9.17, 15) is 35.7 Å². The number of aliphatic hydroxyl groups excluding tert-OH is 7. The van der Waals surface area contributed by atoms with Gasteiger partial charge in [-0.3, -0.25) is 0 Å². The molecule has 7 N–H and O–H groups in total. The minimum absolute atomic E-state index is 0.142. The molecule has 2 aliphatic rings. The van der Waals surface area contributed by atoms with E-state index in [1.807, 2.05) is 0 Å². The van der Waals surface area contributed by atoms with E-state index < -0.39 is 87.2 Å². The fourth-order valence-electron chi connectivity index (χ4n) is 3.30. The SMILES string of the molecule is COCC(C)OC(OCC(C)O)C(OC1OC(CO)C(O)C1O)OC1OC(CO)C(O)C1O. The largest absolute Gasteiger partial charge is 0.394 e. The third kappa shape index (κ3) is 7.71. The van der Waals surface area contributed by atoms with E-state index in [1.165, 1.54) is 14.0 Å². The summed E-state index contributed by atoms with van der Waals surface area (Å²) < 4.78 is 38.3. The van der Waals surface area contributed by atoms with Crippen molar-refractivity contribution in [3.63, 3.8) is 0 Å². The topological polar surface area (TPSA) is 206 Å². The van der Waals surface area contributed by atoms with Gasteiger partial charge in [0.15, 0.2) is 12.6 Å². The first-order chi connectivity index (χ1) is 15.6. The van der Waals surface area contributed by atoms with Crippen LogP contribution in [0.4, 0.5) is 0 Å². The second-order valence-electron chi connectivity index (χ2n) is 8.01. The summed E-state index contributed by atoms with van der Waals surface area (Å²) in [6.45, 7) is 1.84. The predicted molar refractivity (Wildman–Crippen MR) is 105 cm³/mol. The maximum atomic E-state index is 10.2. The monoisotopic (exact) mass is 488 g/mol. The molecule has 0 amide bonds. The molecule has 14 heteroatoms. The molecule has 2 aliphatic heterocycles. The van der Waals surface area contributed by atoms with Crippen LogP contribution in [0.15, 0.2) is 0 Å². The predicted octanol–water partition coefficient (Wildman–Crippen LogP) is -4.00. The lowest BCUT2D eigenvalue weighted by Gasteiger charge is -2.33. The van der Waals surface area contributed by atoms with Crippen LogP contribution in [-0.2, 0) is 33.2 Å². The summed E-state index contributed by atoms with van der Waals surface area (Å²) >= 11 is 0. The third-order valence-electron chi connectivity index (χ3n) is 5.03. The van der Waals surface area contributed by atoms with Crippen molar-refractivity contribution in [1.82, 2.24) is 0 Å². The molecule has 11 unspecified atom stereocenters. The summed E-state index contributed by atoms with van der Waals surface area (Å²) in [6, 6.07) is 0. The van der Waals surface area contributed by atoms with Crippen LogP contribution in [0.5, 0.6) is 0 Å². The van der Waals surface area contributed by atoms with E-state index in [0.717, 1.165) is 0 Å². The highest BCUT2D eigenvalue weighted by molar-refractivity contribution is 4.88. The molecule has 14 nitrogen and oxygen atoms in total. The molecule has 0 aromatic heterocycles. The molecule has 2 heterocycles. The average Bonchev–Trinajstić information content (AvgIpc) is 3.20.